The fourth-order valence-corrected chi connectivity index (χ4v) is 1.66. The van der Waals surface area contributed by atoms with Crippen LogP contribution in [0.1, 0.15) is 65.2 Å². The third kappa shape index (κ3) is 8.15. The van der Waals surface area contributed by atoms with Crippen LogP contribution in [0.15, 0.2) is 12.8 Å². The van der Waals surface area contributed by atoms with Crippen molar-refractivity contribution in [2.45, 2.75) is 71.3 Å². The van der Waals surface area contributed by atoms with Crippen LogP contribution in [0.3, 0.4) is 0 Å². The zero-order valence-electron chi connectivity index (χ0n) is 9.93. The Hall–Kier alpha value is -0.460. The van der Waals surface area contributed by atoms with Crippen molar-refractivity contribution in [1.82, 2.24) is 0 Å². The van der Waals surface area contributed by atoms with Crippen LogP contribution in [0, 0.1) is 0 Å². The second-order valence-corrected chi connectivity index (χ2v) is 3.92. The normalized spacial score (nSPS) is 10.5. The SMILES string of the molecule is C=COC(CCCCC)CCCCC. The lowest BCUT2D eigenvalue weighted by atomic mass is 10.0. The average molecular weight is 198 g/mol. The van der Waals surface area contributed by atoms with Gasteiger partial charge in [0.05, 0.1) is 12.4 Å². The van der Waals surface area contributed by atoms with Crippen molar-refractivity contribution in [1.29, 1.82) is 0 Å². The molecule has 84 valence electrons. The summed E-state index contributed by atoms with van der Waals surface area (Å²) in [6, 6.07) is 0. The Labute approximate surface area is 89.5 Å². The molecule has 0 aliphatic heterocycles. The Morgan fingerprint density at radius 1 is 1.00 bits per heavy atom. The molecule has 0 rings (SSSR count). The molecule has 0 heterocycles. The highest BCUT2D eigenvalue weighted by atomic mass is 16.5. The van der Waals surface area contributed by atoms with Crippen LogP contribution < -0.4 is 0 Å². The van der Waals surface area contributed by atoms with Crippen molar-refractivity contribution in [2.24, 2.45) is 0 Å². The molecule has 0 saturated heterocycles. The number of unbranched alkanes of at least 4 members (excludes halogenated alkanes) is 4. The maximum Gasteiger partial charge on any atom is 0.0978 e. The predicted octanol–water partition coefficient (Wildman–Crippen LogP) is 4.68. The standard InChI is InChI=1S/C13H26O/c1-4-7-9-11-13(14-6-3)12-10-8-5-2/h6,13H,3-5,7-12H2,1-2H3. The number of hydrogen-bond acceptors (Lipinski definition) is 1. The first-order valence-corrected chi connectivity index (χ1v) is 6.11. The van der Waals surface area contributed by atoms with Crippen LogP contribution in [-0.2, 0) is 4.74 Å². The van der Waals surface area contributed by atoms with Gasteiger partial charge in [-0.05, 0) is 25.7 Å². The molecular weight excluding hydrogens is 172 g/mol. The van der Waals surface area contributed by atoms with Gasteiger partial charge in [0.15, 0.2) is 0 Å². The summed E-state index contributed by atoms with van der Waals surface area (Å²) in [5.74, 6) is 0. The van der Waals surface area contributed by atoms with E-state index >= 15 is 0 Å². The Morgan fingerprint density at radius 2 is 1.50 bits per heavy atom. The van der Waals surface area contributed by atoms with E-state index < -0.39 is 0 Å². The van der Waals surface area contributed by atoms with Crippen LogP contribution in [0.2, 0.25) is 0 Å². The number of ether oxygens (including phenoxy) is 1. The minimum absolute atomic E-state index is 0.422. The minimum atomic E-state index is 0.422. The van der Waals surface area contributed by atoms with Crippen molar-refractivity contribution in [3.05, 3.63) is 12.8 Å². The lowest BCUT2D eigenvalue weighted by Crippen LogP contribution is -2.09. The van der Waals surface area contributed by atoms with Gasteiger partial charge in [0.25, 0.3) is 0 Å². The van der Waals surface area contributed by atoms with E-state index in [1.165, 1.54) is 51.4 Å². The van der Waals surface area contributed by atoms with Crippen molar-refractivity contribution >= 4 is 0 Å². The summed E-state index contributed by atoms with van der Waals surface area (Å²) in [6.07, 6.45) is 12.2. The highest BCUT2D eigenvalue weighted by Crippen LogP contribution is 2.14. The molecule has 0 aliphatic carbocycles. The van der Waals surface area contributed by atoms with Gasteiger partial charge in [-0.15, -0.1) is 0 Å². The number of hydrogen-bond donors (Lipinski definition) is 0. The van der Waals surface area contributed by atoms with Gasteiger partial charge in [-0.2, -0.15) is 0 Å². The van der Waals surface area contributed by atoms with Crippen molar-refractivity contribution in [3.8, 4) is 0 Å². The van der Waals surface area contributed by atoms with E-state index in [0.29, 0.717) is 6.10 Å². The zero-order valence-corrected chi connectivity index (χ0v) is 9.93. The lowest BCUT2D eigenvalue weighted by molar-refractivity contribution is 0.122. The van der Waals surface area contributed by atoms with Gasteiger partial charge in [-0.1, -0.05) is 46.1 Å². The summed E-state index contributed by atoms with van der Waals surface area (Å²) in [5.41, 5.74) is 0. The molecule has 0 fully saturated rings. The van der Waals surface area contributed by atoms with Gasteiger partial charge in [-0.3, -0.25) is 0 Å². The average Bonchev–Trinajstić information content (AvgIpc) is 2.18. The Morgan fingerprint density at radius 3 is 1.86 bits per heavy atom. The minimum Gasteiger partial charge on any atom is -0.499 e. The topological polar surface area (TPSA) is 9.23 Å². The molecule has 0 saturated carbocycles. The Balaban J connectivity index is 3.49. The first kappa shape index (κ1) is 13.5. The number of rotatable bonds is 10. The summed E-state index contributed by atoms with van der Waals surface area (Å²) in [4.78, 5) is 0. The molecule has 1 heteroatoms. The van der Waals surface area contributed by atoms with Crippen molar-refractivity contribution in [3.63, 3.8) is 0 Å². The van der Waals surface area contributed by atoms with Crippen LogP contribution in [0.4, 0.5) is 0 Å². The van der Waals surface area contributed by atoms with Crippen LogP contribution in [0.25, 0.3) is 0 Å². The smallest absolute Gasteiger partial charge is 0.0978 e. The van der Waals surface area contributed by atoms with E-state index in [1.54, 1.807) is 6.26 Å². The molecule has 14 heavy (non-hydrogen) atoms. The second kappa shape index (κ2) is 10.6. The van der Waals surface area contributed by atoms with Gasteiger partial charge in [-0.25, -0.2) is 0 Å². The molecule has 0 amide bonds. The molecule has 0 radical (unpaired) electrons. The lowest BCUT2D eigenvalue weighted by Gasteiger charge is -2.15. The maximum absolute atomic E-state index is 5.50. The summed E-state index contributed by atoms with van der Waals surface area (Å²) >= 11 is 0. The zero-order chi connectivity index (χ0) is 10.6. The first-order valence-electron chi connectivity index (χ1n) is 6.11. The van der Waals surface area contributed by atoms with Crippen LogP contribution >= 0.6 is 0 Å². The molecule has 0 N–H and O–H groups in total. The quantitative estimate of drug-likeness (QED) is 0.366. The highest BCUT2D eigenvalue weighted by molar-refractivity contribution is 4.63. The van der Waals surface area contributed by atoms with Gasteiger partial charge in [0, 0.05) is 0 Å². The molecule has 1 nitrogen and oxygen atoms in total. The summed E-state index contributed by atoms with van der Waals surface area (Å²) in [6.45, 7) is 8.11. The van der Waals surface area contributed by atoms with Gasteiger partial charge < -0.3 is 4.74 Å². The monoisotopic (exact) mass is 198 g/mol. The highest BCUT2D eigenvalue weighted by Gasteiger charge is 2.06. The van der Waals surface area contributed by atoms with E-state index in [-0.39, 0.29) is 0 Å². The fraction of sp³-hybridized carbons (Fsp3) is 0.846. The molecule has 0 aromatic rings. The van der Waals surface area contributed by atoms with Gasteiger partial charge in [0.2, 0.25) is 0 Å². The molecule has 0 aromatic heterocycles. The Kier molecular flexibility index (Phi) is 10.3. The third-order valence-electron chi connectivity index (χ3n) is 2.55. The maximum atomic E-state index is 5.50. The molecular formula is C13H26O. The predicted molar refractivity (Wildman–Crippen MR) is 63.4 cm³/mol. The van der Waals surface area contributed by atoms with Crippen molar-refractivity contribution in [2.75, 3.05) is 0 Å². The fourth-order valence-electron chi connectivity index (χ4n) is 1.66. The second-order valence-electron chi connectivity index (χ2n) is 3.92. The summed E-state index contributed by atoms with van der Waals surface area (Å²) in [5, 5.41) is 0. The van der Waals surface area contributed by atoms with Gasteiger partial charge in [0.1, 0.15) is 0 Å². The van der Waals surface area contributed by atoms with Crippen LogP contribution in [-0.4, -0.2) is 6.10 Å². The van der Waals surface area contributed by atoms with E-state index in [2.05, 4.69) is 20.4 Å². The Bertz CT molecular complexity index is 110. The van der Waals surface area contributed by atoms with E-state index in [9.17, 15) is 0 Å². The molecule has 0 aliphatic rings. The van der Waals surface area contributed by atoms with E-state index in [0.717, 1.165) is 0 Å². The first-order chi connectivity index (χ1) is 6.85. The molecule has 0 unspecified atom stereocenters. The largest absolute Gasteiger partial charge is 0.499 e. The van der Waals surface area contributed by atoms with Crippen molar-refractivity contribution < 1.29 is 4.74 Å². The third-order valence-corrected chi connectivity index (χ3v) is 2.55. The molecule has 0 atom stereocenters. The summed E-state index contributed by atoms with van der Waals surface area (Å²) < 4.78 is 5.50. The van der Waals surface area contributed by atoms with Crippen LogP contribution in [0.5, 0.6) is 0 Å². The van der Waals surface area contributed by atoms with E-state index in [4.69, 9.17) is 4.74 Å². The molecule has 0 aromatic carbocycles. The van der Waals surface area contributed by atoms with E-state index in [1.807, 2.05) is 0 Å². The summed E-state index contributed by atoms with van der Waals surface area (Å²) in [7, 11) is 0. The molecule has 0 bridgehead atoms. The van der Waals surface area contributed by atoms with Gasteiger partial charge >= 0.3 is 0 Å². The molecule has 0 spiro atoms.